The third-order valence-electron chi connectivity index (χ3n) is 7.08. The molecule has 0 radical (unpaired) electrons. The van der Waals surface area contributed by atoms with Crippen molar-refractivity contribution >= 4 is 17.8 Å². The lowest BCUT2D eigenvalue weighted by molar-refractivity contribution is -0.141. The molecule has 7 nitrogen and oxygen atoms in total. The summed E-state index contributed by atoms with van der Waals surface area (Å²) in [4.78, 5) is 43.7. The van der Waals surface area contributed by atoms with Gasteiger partial charge in [-0.05, 0) is 30.7 Å². The highest BCUT2D eigenvalue weighted by molar-refractivity contribution is 6.09. The topological polar surface area (TPSA) is 73.0 Å². The zero-order valence-electron chi connectivity index (χ0n) is 17.8. The van der Waals surface area contributed by atoms with Crippen LogP contribution in [0, 0.1) is 5.92 Å². The predicted octanol–water partition coefficient (Wildman–Crippen LogP) is 1.87. The maximum Gasteiger partial charge on any atom is 0.325 e. The monoisotopic (exact) mass is 412 g/mol. The summed E-state index contributed by atoms with van der Waals surface area (Å²) in [6.45, 7) is 5.76. The molecule has 2 aliphatic heterocycles. The second-order valence-electron chi connectivity index (χ2n) is 8.90. The van der Waals surface area contributed by atoms with Crippen molar-refractivity contribution in [2.75, 3.05) is 39.3 Å². The number of urea groups is 1. The van der Waals surface area contributed by atoms with E-state index >= 15 is 0 Å². The first-order valence-corrected chi connectivity index (χ1v) is 11.2. The molecule has 1 aliphatic carbocycles. The van der Waals surface area contributed by atoms with Crippen LogP contribution < -0.4 is 5.32 Å². The first kappa shape index (κ1) is 20.8. The van der Waals surface area contributed by atoms with Crippen LogP contribution in [0.15, 0.2) is 30.3 Å². The summed E-state index contributed by atoms with van der Waals surface area (Å²) in [6.07, 6.45) is 4.61. The fourth-order valence-corrected chi connectivity index (χ4v) is 5.03. The van der Waals surface area contributed by atoms with Crippen LogP contribution in [-0.4, -0.2) is 77.4 Å². The van der Waals surface area contributed by atoms with Crippen LogP contribution >= 0.6 is 0 Å². The number of nitrogens with zero attached hydrogens (tertiary/aromatic N) is 3. The highest BCUT2D eigenvalue weighted by Gasteiger charge is 2.55. The molecule has 7 heteroatoms. The first-order valence-electron chi connectivity index (χ1n) is 11.2. The Bertz CT molecular complexity index is 791. The fraction of sp³-hybridized carbons (Fsp3) is 0.609. The van der Waals surface area contributed by atoms with Gasteiger partial charge < -0.3 is 10.2 Å². The summed E-state index contributed by atoms with van der Waals surface area (Å²) < 4.78 is 0. The minimum Gasteiger partial charge on any atom is -0.339 e. The number of nitrogens with one attached hydrogen (secondary N) is 1. The molecule has 4 rings (SSSR count). The van der Waals surface area contributed by atoms with E-state index in [2.05, 4.69) is 34.5 Å². The summed E-state index contributed by atoms with van der Waals surface area (Å²) in [5.74, 6) is -0.243. The van der Waals surface area contributed by atoms with Gasteiger partial charge in [-0.3, -0.25) is 19.4 Å². The molecule has 1 aromatic rings. The Morgan fingerprint density at radius 2 is 1.83 bits per heavy atom. The van der Waals surface area contributed by atoms with E-state index in [0.717, 1.165) is 50.2 Å². The van der Waals surface area contributed by atoms with Crippen LogP contribution in [0.2, 0.25) is 0 Å². The number of benzene rings is 1. The molecule has 2 unspecified atom stereocenters. The summed E-state index contributed by atoms with van der Waals surface area (Å²) in [6, 6.07) is 9.99. The third kappa shape index (κ3) is 4.08. The number of piperazine rings is 1. The van der Waals surface area contributed by atoms with Crippen LogP contribution in [0.5, 0.6) is 0 Å². The number of amides is 4. The minimum atomic E-state index is -0.800. The van der Waals surface area contributed by atoms with E-state index in [1.54, 1.807) is 4.90 Å². The van der Waals surface area contributed by atoms with Crippen LogP contribution in [0.4, 0.5) is 4.79 Å². The molecule has 1 spiro atoms. The first-order chi connectivity index (χ1) is 14.5. The number of carbonyl (C=O) groups is 3. The lowest BCUT2D eigenvalue weighted by Crippen LogP contribution is -2.55. The second kappa shape index (κ2) is 8.76. The Balaban J connectivity index is 1.27. The molecule has 1 aromatic carbocycles. The van der Waals surface area contributed by atoms with Gasteiger partial charge in [0.15, 0.2) is 0 Å². The Morgan fingerprint density at radius 1 is 1.10 bits per heavy atom. The highest BCUT2D eigenvalue weighted by atomic mass is 16.2. The third-order valence-corrected chi connectivity index (χ3v) is 7.08. The van der Waals surface area contributed by atoms with Crippen molar-refractivity contribution in [3.8, 4) is 0 Å². The lowest BCUT2D eigenvalue weighted by atomic mass is 9.73. The van der Waals surface area contributed by atoms with E-state index < -0.39 is 11.6 Å². The molecule has 30 heavy (non-hydrogen) atoms. The number of hydrogen-bond acceptors (Lipinski definition) is 4. The van der Waals surface area contributed by atoms with Crippen molar-refractivity contribution < 1.29 is 14.4 Å². The summed E-state index contributed by atoms with van der Waals surface area (Å²) >= 11 is 0. The van der Waals surface area contributed by atoms with Crippen LogP contribution in [0.3, 0.4) is 0 Å². The van der Waals surface area contributed by atoms with E-state index in [0.29, 0.717) is 19.5 Å². The van der Waals surface area contributed by atoms with Gasteiger partial charge in [0.2, 0.25) is 5.91 Å². The van der Waals surface area contributed by atoms with Crippen molar-refractivity contribution in [1.29, 1.82) is 0 Å². The number of rotatable bonds is 5. The molecule has 3 fully saturated rings. The molecular weight excluding hydrogens is 380 g/mol. The molecule has 2 heterocycles. The second-order valence-corrected chi connectivity index (χ2v) is 8.90. The maximum atomic E-state index is 13.1. The summed E-state index contributed by atoms with van der Waals surface area (Å²) in [5.41, 5.74) is 0.520. The van der Waals surface area contributed by atoms with E-state index in [1.807, 2.05) is 13.0 Å². The Morgan fingerprint density at radius 3 is 2.53 bits per heavy atom. The van der Waals surface area contributed by atoms with E-state index in [9.17, 15) is 14.4 Å². The van der Waals surface area contributed by atoms with Gasteiger partial charge in [0.05, 0.1) is 0 Å². The smallest absolute Gasteiger partial charge is 0.325 e. The average Bonchev–Trinajstić information content (AvgIpc) is 3.00. The summed E-state index contributed by atoms with van der Waals surface area (Å²) in [5, 5.41) is 2.92. The van der Waals surface area contributed by atoms with Crippen molar-refractivity contribution in [3.05, 3.63) is 35.9 Å². The normalized spacial score (nSPS) is 27.6. The van der Waals surface area contributed by atoms with E-state index in [1.165, 1.54) is 5.56 Å². The molecule has 4 amide bonds. The molecular formula is C23H32N4O3. The predicted molar refractivity (Wildman–Crippen MR) is 114 cm³/mol. The van der Waals surface area contributed by atoms with Crippen molar-refractivity contribution in [2.24, 2.45) is 5.92 Å². The standard InChI is InChI=1S/C23H32N4O3/c1-18-7-5-6-11-23(18)21(29)27(22(30)24-23)17-20(28)26-15-13-25(14-16-26)12-10-19-8-3-2-4-9-19/h2-4,8-9,18H,5-7,10-17H2,1H3,(H,24,30). The minimum absolute atomic E-state index is 0.107. The van der Waals surface area contributed by atoms with Gasteiger partial charge in [0, 0.05) is 32.7 Å². The molecule has 1 N–H and O–H groups in total. The SMILES string of the molecule is CC1CCCCC12NC(=O)N(CC(=O)N1CCN(CCc3ccccc3)CC1)C2=O. The fourth-order valence-electron chi connectivity index (χ4n) is 5.03. The molecule has 0 aromatic heterocycles. The van der Waals surface area contributed by atoms with E-state index in [-0.39, 0.29) is 24.3 Å². The summed E-state index contributed by atoms with van der Waals surface area (Å²) in [7, 11) is 0. The van der Waals surface area contributed by atoms with Gasteiger partial charge in [-0.1, -0.05) is 50.1 Å². The van der Waals surface area contributed by atoms with Crippen LogP contribution in [0.1, 0.15) is 38.2 Å². The lowest BCUT2D eigenvalue weighted by Gasteiger charge is -2.37. The maximum absolute atomic E-state index is 13.1. The largest absolute Gasteiger partial charge is 0.339 e. The Kier molecular flexibility index (Phi) is 6.09. The van der Waals surface area contributed by atoms with Crippen molar-refractivity contribution in [1.82, 2.24) is 20.0 Å². The number of imide groups is 1. The van der Waals surface area contributed by atoms with Gasteiger partial charge >= 0.3 is 6.03 Å². The van der Waals surface area contributed by atoms with Crippen molar-refractivity contribution in [2.45, 2.75) is 44.6 Å². The van der Waals surface area contributed by atoms with E-state index in [4.69, 9.17) is 0 Å². The Hall–Kier alpha value is -2.41. The molecule has 162 valence electrons. The number of carbonyl (C=O) groups excluding carboxylic acids is 3. The van der Waals surface area contributed by atoms with Gasteiger partial charge in [-0.15, -0.1) is 0 Å². The zero-order chi connectivity index (χ0) is 21.1. The van der Waals surface area contributed by atoms with Gasteiger partial charge in [0.25, 0.3) is 5.91 Å². The van der Waals surface area contributed by atoms with Crippen molar-refractivity contribution in [3.63, 3.8) is 0 Å². The molecule has 2 saturated heterocycles. The van der Waals surface area contributed by atoms with Crippen LogP contribution in [-0.2, 0) is 16.0 Å². The zero-order valence-corrected chi connectivity index (χ0v) is 17.8. The number of hydrogen-bond donors (Lipinski definition) is 1. The van der Waals surface area contributed by atoms with Gasteiger partial charge in [0.1, 0.15) is 12.1 Å². The molecule has 2 atom stereocenters. The highest BCUT2D eigenvalue weighted by Crippen LogP contribution is 2.38. The average molecular weight is 413 g/mol. The molecule has 1 saturated carbocycles. The quantitative estimate of drug-likeness (QED) is 0.750. The molecule has 3 aliphatic rings. The van der Waals surface area contributed by atoms with Gasteiger partial charge in [-0.2, -0.15) is 0 Å². The van der Waals surface area contributed by atoms with Crippen LogP contribution in [0.25, 0.3) is 0 Å². The van der Waals surface area contributed by atoms with Gasteiger partial charge in [-0.25, -0.2) is 4.79 Å². The molecule has 0 bridgehead atoms. The Labute approximate surface area is 178 Å².